The van der Waals surface area contributed by atoms with E-state index in [-0.39, 0.29) is 23.0 Å². The van der Waals surface area contributed by atoms with Gasteiger partial charge < -0.3 is 20.4 Å². The second kappa shape index (κ2) is 6.79. The maximum atomic E-state index is 14.5. The SMILES string of the molecule is Cc1cc(O)c(-c2nnc(N[C@@H]3C[C@H](O)CN(C)C3)n3cccc23)c(F)c1. The van der Waals surface area contributed by atoms with Crippen molar-refractivity contribution in [2.45, 2.75) is 25.5 Å². The number of aromatic hydroxyl groups is 1. The normalized spacial score (nSPS) is 20.9. The molecule has 1 saturated heterocycles. The molecule has 0 amide bonds. The van der Waals surface area contributed by atoms with Crippen LogP contribution in [0.5, 0.6) is 5.75 Å². The number of hydrogen-bond donors (Lipinski definition) is 3. The number of aliphatic hydroxyl groups is 1. The summed E-state index contributed by atoms with van der Waals surface area (Å²) in [5.41, 5.74) is 1.58. The zero-order valence-electron chi connectivity index (χ0n) is 15.2. The summed E-state index contributed by atoms with van der Waals surface area (Å²) in [6.45, 7) is 3.14. The van der Waals surface area contributed by atoms with Gasteiger partial charge in [0.2, 0.25) is 5.95 Å². The number of nitrogens with one attached hydrogen (secondary N) is 1. The molecule has 0 spiro atoms. The number of nitrogens with zero attached hydrogens (tertiary/aromatic N) is 4. The Kier molecular flexibility index (Phi) is 4.45. The second-order valence-corrected chi connectivity index (χ2v) is 7.23. The van der Waals surface area contributed by atoms with Gasteiger partial charge in [-0.3, -0.25) is 4.40 Å². The van der Waals surface area contributed by atoms with Crippen LogP contribution in [0.1, 0.15) is 12.0 Å². The molecule has 3 N–H and O–H groups in total. The Bertz CT molecular complexity index is 956. The minimum absolute atomic E-state index is 0.0222. The van der Waals surface area contributed by atoms with Crippen LogP contribution >= 0.6 is 0 Å². The number of β-amino-alcohol motifs (C(OH)–C–C–N with tert-alkyl or cyclic N) is 1. The number of piperidine rings is 1. The maximum Gasteiger partial charge on any atom is 0.228 e. The molecule has 1 aliphatic rings. The molecular formula is C19H22FN5O2. The zero-order chi connectivity index (χ0) is 19.1. The highest BCUT2D eigenvalue weighted by atomic mass is 19.1. The van der Waals surface area contributed by atoms with Gasteiger partial charge in [-0.2, -0.15) is 0 Å². The average molecular weight is 371 g/mol. The third-order valence-corrected chi connectivity index (χ3v) is 4.86. The number of hydrogen-bond acceptors (Lipinski definition) is 6. The predicted molar refractivity (Wildman–Crippen MR) is 100 cm³/mol. The fourth-order valence-corrected chi connectivity index (χ4v) is 3.77. The van der Waals surface area contributed by atoms with Crippen molar-refractivity contribution < 1.29 is 14.6 Å². The Morgan fingerprint density at radius 2 is 2.07 bits per heavy atom. The van der Waals surface area contributed by atoms with Crippen molar-refractivity contribution in [3.05, 3.63) is 41.8 Å². The Morgan fingerprint density at radius 1 is 1.26 bits per heavy atom. The van der Waals surface area contributed by atoms with Gasteiger partial charge in [-0.1, -0.05) is 0 Å². The van der Waals surface area contributed by atoms with E-state index in [4.69, 9.17) is 0 Å². The highest BCUT2D eigenvalue weighted by Crippen LogP contribution is 2.34. The van der Waals surface area contributed by atoms with Gasteiger partial charge in [-0.15, -0.1) is 10.2 Å². The molecule has 1 fully saturated rings. The van der Waals surface area contributed by atoms with Crippen LogP contribution in [0.25, 0.3) is 16.8 Å². The number of phenolic OH excluding ortho intramolecular Hbond substituents is 1. The smallest absolute Gasteiger partial charge is 0.228 e. The van der Waals surface area contributed by atoms with Gasteiger partial charge >= 0.3 is 0 Å². The van der Waals surface area contributed by atoms with Crippen LogP contribution in [0.2, 0.25) is 0 Å². The van der Waals surface area contributed by atoms with Crippen molar-refractivity contribution in [3.63, 3.8) is 0 Å². The Labute approximate surface area is 156 Å². The van der Waals surface area contributed by atoms with Gasteiger partial charge in [-0.05, 0) is 50.2 Å². The van der Waals surface area contributed by atoms with E-state index in [2.05, 4.69) is 20.4 Å². The summed E-state index contributed by atoms with van der Waals surface area (Å²) in [6.07, 6.45) is 2.03. The quantitative estimate of drug-likeness (QED) is 0.653. The fourth-order valence-electron chi connectivity index (χ4n) is 3.77. The number of halogens is 1. The van der Waals surface area contributed by atoms with Crippen molar-refractivity contribution in [1.82, 2.24) is 19.5 Å². The summed E-state index contributed by atoms with van der Waals surface area (Å²) in [6, 6.07) is 6.51. The first-order chi connectivity index (χ1) is 12.9. The molecular weight excluding hydrogens is 349 g/mol. The zero-order valence-corrected chi connectivity index (χ0v) is 15.2. The van der Waals surface area contributed by atoms with E-state index in [9.17, 15) is 14.6 Å². The molecule has 0 unspecified atom stereocenters. The lowest BCUT2D eigenvalue weighted by molar-refractivity contribution is 0.0778. The van der Waals surface area contributed by atoms with Crippen molar-refractivity contribution >= 4 is 11.5 Å². The third kappa shape index (κ3) is 3.33. The van der Waals surface area contributed by atoms with Gasteiger partial charge in [0.25, 0.3) is 0 Å². The van der Waals surface area contributed by atoms with Gasteiger partial charge in [0.15, 0.2) is 0 Å². The van der Waals surface area contributed by atoms with E-state index < -0.39 is 11.9 Å². The highest BCUT2D eigenvalue weighted by Gasteiger charge is 2.25. The monoisotopic (exact) mass is 371 g/mol. The average Bonchev–Trinajstić information content (AvgIpc) is 3.05. The largest absolute Gasteiger partial charge is 0.507 e. The number of likely N-dealkylation sites (N-methyl/N-ethyl adjacent to an activating group) is 1. The number of benzene rings is 1. The van der Waals surface area contributed by atoms with E-state index in [0.717, 1.165) is 6.54 Å². The Balaban J connectivity index is 1.73. The molecule has 2 atom stereocenters. The molecule has 3 aromatic rings. The number of anilines is 1. The summed E-state index contributed by atoms with van der Waals surface area (Å²) in [5, 5.41) is 32.0. The number of aromatic nitrogens is 3. The van der Waals surface area contributed by atoms with Gasteiger partial charge in [0.1, 0.15) is 17.3 Å². The molecule has 142 valence electrons. The van der Waals surface area contributed by atoms with Crippen molar-refractivity contribution in [3.8, 4) is 17.0 Å². The molecule has 0 bridgehead atoms. The van der Waals surface area contributed by atoms with E-state index >= 15 is 0 Å². The summed E-state index contributed by atoms with van der Waals surface area (Å²) in [7, 11) is 1.96. The molecule has 1 aromatic carbocycles. The fraction of sp³-hybridized carbons (Fsp3) is 0.368. The van der Waals surface area contributed by atoms with Gasteiger partial charge in [0, 0.05) is 25.3 Å². The first-order valence-corrected chi connectivity index (χ1v) is 8.88. The van der Waals surface area contributed by atoms with Crippen LogP contribution in [0.3, 0.4) is 0 Å². The molecule has 3 heterocycles. The number of rotatable bonds is 3. The Hall–Kier alpha value is -2.71. The molecule has 1 aliphatic heterocycles. The summed E-state index contributed by atoms with van der Waals surface area (Å²) in [4.78, 5) is 2.06. The van der Waals surface area contributed by atoms with E-state index in [0.29, 0.717) is 30.0 Å². The van der Waals surface area contributed by atoms with Crippen LogP contribution in [-0.4, -0.2) is 62.0 Å². The number of aliphatic hydroxyl groups excluding tert-OH is 1. The molecule has 8 heteroatoms. The first-order valence-electron chi connectivity index (χ1n) is 8.88. The van der Waals surface area contributed by atoms with E-state index in [1.807, 2.05) is 19.3 Å². The number of phenols is 1. The molecule has 7 nitrogen and oxygen atoms in total. The summed E-state index contributed by atoms with van der Waals surface area (Å²) < 4.78 is 16.3. The lowest BCUT2D eigenvalue weighted by atomic mass is 10.0. The number of aryl methyl sites for hydroxylation is 1. The first kappa shape index (κ1) is 17.7. The van der Waals surface area contributed by atoms with E-state index in [1.165, 1.54) is 12.1 Å². The molecule has 2 aromatic heterocycles. The topological polar surface area (TPSA) is 85.9 Å². The van der Waals surface area contributed by atoms with Crippen LogP contribution in [0.4, 0.5) is 10.3 Å². The molecule has 27 heavy (non-hydrogen) atoms. The second-order valence-electron chi connectivity index (χ2n) is 7.23. The Morgan fingerprint density at radius 3 is 2.81 bits per heavy atom. The minimum Gasteiger partial charge on any atom is -0.507 e. The van der Waals surface area contributed by atoms with Crippen molar-refractivity contribution in [2.75, 3.05) is 25.5 Å². The van der Waals surface area contributed by atoms with Crippen molar-refractivity contribution in [1.29, 1.82) is 0 Å². The van der Waals surface area contributed by atoms with Crippen LogP contribution in [0.15, 0.2) is 30.5 Å². The van der Waals surface area contributed by atoms with E-state index in [1.54, 1.807) is 17.4 Å². The molecule has 0 saturated carbocycles. The maximum absolute atomic E-state index is 14.5. The standard InChI is InChI=1S/C19H22FN5O2/c1-11-6-14(20)17(16(27)7-11)18-15-4-3-5-25(15)19(23-22-18)21-12-8-13(26)10-24(2)9-12/h3-7,12-13,26-27H,8-10H2,1-2H3,(H,21,23)/t12-,13+/m1/s1. The summed E-state index contributed by atoms with van der Waals surface area (Å²) >= 11 is 0. The predicted octanol–water partition coefficient (Wildman–Crippen LogP) is 2.03. The lowest BCUT2D eigenvalue weighted by Crippen LogP contribution is -2.47. The molecule has 0 radical (unpaired) electrons. The van der Waals surface area contributed by atoms with Gasteiger partial charge in [0.05, 0.1) is 17.2 Å². The number of fused-ring (bicyclic) bond motifs is 1. The van der Waals surface area contributed by atoms with Crippen molar-refractivity contribution in [2.24, 2.45) is 0 Å². The van der Waals surface area contributed by atoms with Crippen LogP contribution in [0, 0.1) is 12.7 Å². The van der Waals surface area contributed by atoms with Crippen LogP contribution < -0.4 is 5.32 Å². The summed E-state index contributed by atoms with van der Waals surface area (Å²) in [5.74, 6) is -0.191. The van der Waals surface area contributed by atoms with Crippen LogP contribution in [-0.2, 0) is 0 Å². The lowest BCUT2D eigenvalue weighted by Gasteiger charge is -2.33. The molecule has 4 rings (SSSR count). The van der Waals surface area contributed by atoms with Gasteiger partial charge in [-0.25, -0.2) is 4.39 Å². The third-order valence-electron chi connectivity index (χ3n) is 4.86. The highest BCUT2D eigenvalue weighted by molar-refractivity contribution is 5.81. The molecule has 0 aliphatic carbocycles. The minimum atomic E-state index is -0.539. The number of likely N-dealkylation sites (tertiary alicyclic amines) is 1.